The van der Waals surface area contributed by atoms with Gasteiger partial charge in [0.2, 0.25) is 0 Å². The maximum absolute atomic E-state index is 13.1. The van der Waals surface area contributed by atoms with E-state index in [-0.39, 0.29) is 12.4 Å². The second-order valence-electron chi connectivity index (χ2n) is 6.21. The van der Waals surface area contributed by atoms with Crippen molar-refractivity contribution in [2.45, 2.75) is 29.3 Å². The van der Waals surface area contributed by atoms with Gasteiger partial charge in [0.25, 0.3) is 0 Å². The Hall–Kier alpha value is -1.77. The molecule has 0 aliphatic carbocycles. The SMILES string of the molecule is O=C(OC1CNCCc2c1ccc(Cl)c2SCc1ccc(F)cc1)C(F)(F)F. The first-order chi connectivity index (χ1) is 13.3. The highest BCUT2D eigenvalue weighted by Crippen LogP contribution is 2.39. The van der Waals surface area contributed by atoms with Gasteiger partial charge in [0, 0.05) is 17.2 Å². The van der Waals surface area contributed by atoms with E-state index < -0.39 is 18.2 Å². The third-order valence-electron chi connectivity index (χ3n) is 4.25. The van der Waals surface area contributed by atoms with E-state index in [4.69, 9.17) is 16.3 Å². The summed E-state index contributed by atoms with van der Waals surface area (Å²) in [5.74, 6) is -2.04. The molecule has 0 saturated carbocycles. The molecule has 2 aromatic rings. The Kier molecular flexibility index (Phi) is 6.52. The molecule has 0 fully saturated rings. The fourth-order valence-electron chi connectivity index (χ4n) is 2.92. The van der Waals surface area contributed by atoms with Crippen LogP contribution in [0.1, 0.15) is 22.8 Å². The second kappa shape index (κ2) is 8.71. The highest BCUT2D eigenvalue weighted by atomic mass is 35.5. The molecule has 150 valence electrons. The van der Waals surface area contributed by atoms with E-state index in [1.54, 1.807) is 24.3 Å². The van der Waals surface area contributed by atoms with Crippen molar-refractivity contribution in [2.75, 3.05) is 13.1 Å². The lowest BCUT2D eigenvalue weighted by Gasteiger charge is -2.21. The van der Waals surface area contributed by atoms with Gasteiger partial charge in [-0.3, -0.25) is 0 Å². The first-order valence-electron chi connectivity index (χ1n) is 8.42. The Balaban J connectivity index is 1.87. The largest absolute Gasteiger partial charge is 0.490 e. The van der Waals surface area contributed by atoms with Crippen LogP contribution < -0.4 is 5.32 Å². The molecule has 1 N–H and O–H groups in total. The van der Waals surface area contributed by atoms with Gasteiger partial charge >= 0.3 is 12.1 Å². The number of fused-ring (bicyclic) bond motifs is 1. The van der Waals surface area contributed by atoms with Crippen molar-refractivity contribution in [1.82, 2.24) is 5.32 Å². The number of halogens is 5. The zero-order chi connectivity index (χ0) is 20.3. The third kappa shape index (κ3) is 4.98. The monoisotopic (exact) mass is 433 g/mol. The van der Waals surface area contributed by atoms with Crippen LogP contribution in [-0.4, -0.2) is 25.2 Å². The van der Waals surface area contributed by atoms with Crippen LogP contribution in [0.2, 0.25) is 5.02 Å². The van der Waals surface area contributed by atoms with Gasteiger partial charge in [0.1, 0.15) is 11.9 Å². The molecule has 0 aromatic heterocycles. The Morgan fingerprint density at radius 1 is 1.21 bits per heavy atom. The van der Waals surface area contributed by atoms with Crippen molar-refractivity contribution < 1.29 is 27.1 Å². The van der Waals surface area contributed by atoms with Crippen molar-refractivity contribution in [3.63, 3.8) is 0 Å². The molecule has 1 unspecified atom stereocenters. The van der Waals surface area contributed by atoms with Gasteiger partial charge < -0.3 is 10.1 Å². The summed E-state index contributed by atoms with van der Waals surface area (Å²) in [6.45, 7) is 0.593. The summed E-state index contributed by atoms with van der Waals surface area (Å²) in [5, 5.41) is 3.46. The van der Waals surface area contributed by atoms with Crippen molar-refractivity contribution in [3.05, 3.63) is 63.9 Å². The number of thioether (sulfide) groups is 1. The fourth-order valence-corrected chi connectivity index (χ4v) is 4.37. The second-order valence-corrected chi connectivity index (χ2v) is 7.60. The lowest BCUT2D eigenvalue weighted by Crippen LogP contribution is -2.30. The van der Waals surface area contributed by atoms with Crippen LogP contribution in [0.3, 0.4) is 0 Å². The predicted molar refractivity (Wildman–Crippen MR) is 98.9 cm³/mol. The maximum atomic E-state index is 13.1. The van der Waals surface area contributed by atoms with Crippen LogP contribution >= 0.6 is 23.4 Å². The predicted octanol–water partition coefficient (Wildman–Crippen LogP) is 5.06. The number of esters is 1. The number of benzene rings is 2. The number of carbonyl (C=O) groups excluding carboxylic acids is 1. The summed E-state index contributed by atoms with van der Waals surface area (Å²) in [6.07, 6.45) is -5.59. The summed E-state index contributed by atoms with van der Waals surface area (Å²) >= 11 is 7.75. The third-order valence-corrected chi connectivity index (χ3v) is 5.91. The molecule has 9 heteroatoms. The first kappa shape index (κ1) is 21.0. The highest BCUT2D eigenvalue weighted by Gasteiger charge is 2.43. The van der Waals surface area contributed by atoms with Gasteiger partial charge in [-0.15, -0.1) is 11.8 Å². The van der Waals surface area contributed by atoms with E-state index in [0.29, 0.717) is 29.3 Å². The number of rotatable bonds is 4. The van der Waals surface area contributed by atoms with Gasteiger partial charge in [-0.05, 0) is 47.9 Å². The number of carbonyl (C=O) groups is 1. The minimum Gasteiger partial charge on any atom is -0.449 e. The molecule has 2 aromatic carbocycles. The Bertz CT molecular complexity index is 858. The van der Waals surface area contributed by atoms with Gasteiger partial charge in [0.05, 0.1) is 5.02 Å². The molecule has 28 heavy (non-hydrogen) atoms. The molecule has 0 amide bonds. The highest BCUT2D eigenvalue weighted by molar-refractivity contribution is 7.98. The lowest BCUT2D eigenvalue weighted by atomic mass is 10.0. The lowest BCUT2D eigenvalue weighted by molar-refractivity contribution is -0.205. The Labute approximate surface area is 168 Å². The molecule has 3 rings (SSSR count). The molecule has 0 spiro atoms. The van der Waals surface area contributed by atoms with Gasteiger partial charge in [0.15, 0.2) is 0 Å². The maximum Gasteiger partial charge on any atom is 0.490 e. The smallest absolute Gasteiger partial charge is 0.449 e. The topological polar surface area (TPSA) is 38.3 Å². The molecule has 0 saturated heterocycles. The molecule has 0 bridgehead atoms. The molecule has 1 heterocycles. The molecule has 1 atom stereocenters. The Morgan fingerprint density at radius 2 is 1.93 bits per heavy atom. The van der Waals surface area contributed by atoms with Crippen molar-refractivity contribution in [1.29, 1.82) is 0 Å². The minimum absolute atomic E-state index is 0.0819. The zero-order valence-corrected chi connectivity index (χ0v) is 16.1. The molecule has 1 aliphatic rings. The van der Waals surface area contributed by atoms with E-state index in [2.05, 4.69) is 5.32 Å². The quantitative estimate of drug-likeness (QED) is 0.415. The average molecular weight is 434 g/mol. The van der Waals surface area contributed by atoms with Crippen LogP contribution in [-0.2, 0) is 21.7 Å². The number of ether oxygens (including phenoxy) is 1. The summed E-state index contributed by atoms with van der Waals surface area (Å²) < 4.78 is 55.6. The number of hydrogen-bond donors (Lipinski definition) is 1. The molecular formula is C19H16ClF4NO2S. The van der Waals surface area contributed by atoms with Gasteiger partial charge in [-0.25, -0.2) is 9.18 Å². The molecular weight excluding hydrogens is 418 g/mol. The minimum atomic E-state index is -5.06. The van der Waals surface area contributed by atoms with Gasteiger partial charge in [-0.2, -0.15) is 13.2 Å². The normalized spacial score (nSPS) is 17.0. The average Bonchev–Trinajstić information content (AvgIpc) is 2.84. The summed E-state index contributed by atoms with van der Waals surface area (Å²) in [4.78, 5) is 12.0. The van der Waals surface area contributed by atoms with E-state index in [1.807, 2.05) is 0 Å². The molecule has 1 aliphatic heterocycles. The number of nitrogens with one attached hydrogen (secondary N) is 1. The van der Waals surface area contributed by atoms with Crippen molar-refractivity contribution in [2.24, 2.45) is 0 Å². The zero-order valence-electron chi connectivity index (χ0n) is 14.5. The van der Waals surface area contributed by atoms with Crippen LogP contribution in [0.5, 0.6) is 0 Å². The fraction of sp³-hybridized carbons (Fsp3) is 0.316. The van der Waals surface area contributed by atoms with Crippen LogP contribution in [0.4, 0.5) is 17.6 Å². The van der Waals surface area contributed by atoms with Crippen LogP contribution in [0.15, 0.2) is 41.3 Å². The standard InChI is InChI=1S/C19H16ClF4NO2S/c20-15-6-5-13-14(17(15)28-10-11-1-3-12(21)4-2-11)7-8-25-9-16(13)27-18(26)19(22,23)24/h1-6,16,25H,7-10H2. The summed E-state index contributed by atoms with van der Waals surface area (Å²) in [5.41, 5.74) is 2.14. The van der Waals surface area contributed by atoms with Crippen LogP contribution in [0.25, 0.3) is 0 Å². The molecule has 3 nitrogen and oxygen atoms in total. The summed E-state index contributed by atoms with van der Waals surface area (Å²) in [6, 6.07) is 9.23. The van der Waals surface area contributed by atoms with E-state index in [1.165, 1.54) is 23.9 Å². The summed E-state index contributed by atoms with van der Waals surface area (Å²) in [7, 11) is 0. The van der Waals surface area contributed by atoms with E-state index >= 15 is 0 Å². The van der Waals surface area contributed by atoms with Crippen molar-refractivity contribution >= 4 is 29.3 Å². The first-order valence-corrected chi connectivity index (χ1v) is 9.79. The van der Waals surface area contributed by atoms with E-state index in [0.717, 1.165) is 16.0 Å². The number of alkyl halides is 3. The molecule has 0 radical (unpaired) electrons. The number of hydrogen-bond acceptors (Lipinski definition) is 4. The van der Waals surface area contributed by atoms with Gasteiger partial charge in [-0.1, -0.05) is 29.8 Å². The van der Waals surface area contributed by atoms with Crippen LogP contribution in [0, 0.1) is 5.82 Å². The van der Waals surface area contributed by atoms with Crippen molar-refractivity contribution in [3.8, 4) is 0 Å². The Morgan fingerprint density at radius 3 is 2.61 bits per heavy atom. The van der Waals surface area contributed by atoms with E-state index in [9.17, 15) is 22.4 Å².